The molecular weight excluding hydrogens is 344 g/mol. The number of fused-ring (bicyclic) bond motifs is 1. The van der Waals surface area contributed by atoms with E-state index < -0.39 is 11.9 Å². The van der Waals surface area contributed by atoms with Crippen molar-refractivity contribution in [2.45, 2.75) is 33.1 Å². The Morgan fingerprint density at radius 1 is 1.11 bits per heavy atom. The Bertz CT molecular complexity index is 980. The number of hydrogen-bond donors (Lipinski definition) is 0. The summed E-state index contributed by atoms with van der Waals surface area (Å²) in [4.78, 5) is 23.8. The maximum absolute atomic E-state index is 12.3. The molecule has 0 aliphatic rings. The molecule has 1 heterocycles. The molecule has 1 aromatic heterocycles. The molecule has 140 valence electrons. The highest BCUT2D eigenvalue weighted by Gasteiger charge is 2.15. The number of methoxy groups -OCH3 is 1. The fourth-order valence-corrected chi connectivity index (χ4v) is 3.10. The van der Waals surface area contributed by atoms with Crippen molar-refractivity contribution in [2.75, 3.05) is 7.11 Å². The fraction of sp³-hybridized carbons (Fsp3) is 0.273. The van der Waals surface area contributed by atoms with E-state index in [4.69, 9.17) is 9.15 Å². The standard InChI is InChI=1S/C22H22O5/c1-13(2)18-11-19-16(12-26-20(19)9-14(18)3)10-21(23)27-17-7-5-15(6-8-17)22(24)25-4/h5-9,11-13H,10H2,1-4H3. The van der Waals surface area contributed by atoms with E-state index in [1.165, 1.54) is 18.2 Å². The van der Waals surface area contributed by atoms with Gasteiger partial charge in [-0.25, -0.2) is 4.79 Å². The second kappa shape index (κ2) is 7.66. The molecule has 5 heteroatoms. The van der Waals surface area contributed by atoms with Crippen LogP contribution in [0.3, 0.4) is 0 Å². The number of furan rings is 1. The van der Waals surface area contributed by atoms with Gasteiger partial charge in [0, 0.05) is 10.9 Å². The van der Waals surface area contributed by atoms with E-state index in [1.54, 1.807) is 30.5 Å². The van der Waals surface area contributed by atoms with E-state index in [2.05, 4.69) is 31.6 Å². The van der Waals surface area contributed by atoms with E-state index in [1.807, 2.05) is 6.07 Å². The van der Waals surface area contributed by atoms with Crippen LogP contribution >= 0.6 is 0 Å². The van der Waals surface area contributed by atoms with Crippen LogP contribution in [-0.2, 0) is 16.0 Å². The summed E-state index contributed by atoms with van der Waals surface area (Å²) in [6.45, 7) is 6.34. The third-order valence-electron chi connectivity index (χ3n) is 4.51. The van der Waals surface area contributed by atoms with E-state index in [0.29, 0.717) is 17.2 Å². The second-order valence-electron chi connectivity index (χ2n) is 6.79. The number of hydrogen-bond acceptors (Lipinski definition) is 5. The topological polar surface area (TPSA) is 65.7 Å². The Kier molecular flexibility index (Phi) is 5.31. The molecule has 3 aromatic rings. The third-order valence-corrected chi connectivity index (χ3v) is 4.51. The van der Waals surface area contributed by atoms with Gasteiger partial charge in [0.1, 0.15) is 11.3 Å². The molecule has 0 saturated heterocycles. The molecule has 2 aromatic carbocycles. The molecule has 0 amide bonds. The average molecular weight is 366 g/mol. The summed E-state index contributed by atoms with van der Waals surface area (Å²) in [5, 5.41) is 0.933. The van der Waals surface area contributed by atoms with E-state index >= 15 is 0 Å². The lowest BCUT2D eigenvalue weighted by atomic mass is 9.95. The van der Waals surface area contributed by atoms with Crippen molar-refractivity contribution in [3.05, 3.63) is 64.9 Å². The molecular formula is C22H22O5. The predicted molar refractivity (Wildman–Crippen MR) is 102 cm³/mol. The first-order chi connectivity index (χ1) is 12.9. The minimum atomic E-state index is -0.436. The van der Waals surface area contributed by atoms with Gasteiger partial charge in [0.15, 0.2) is 0 Å². The molecule has 3 rings (SSSR count). The van der Waals surface area contributed by atoms with Crippen LogP contribution in [0.4, 0.5) is 0 Å². The highest BCUT2D eigenvalue weighted by molar-refractivity contribution is 5.90. The van der Waals surface area contributed by atoms with Crippen molar-refractivity contribution in [3.8, 4) is 5.75 Å². The van der Waals surface area contributed by atoms with Gasteiger partial charge < -0.3 is 13.9 Å². The predicted octanol–water partition coefficient (Wildman–Crippen LogP) is 4.80. The molecule has 0 atom stereocenters. The molecule has 0 fully saturated rings. The second-order valence-corrected chi connectivity index (χ2v) is 6.79. The van der Waals surface area contributed by atoms with Gasteiger partial charge in [0.05, 0.1) is 25.4 Å². The average Bonchev–Trinajstić information content (AvgIpc) is 3.02. The molecule has 5 nitrogen and oxygen atoms in total. The lowest BCUT2D eigenvalue weighted by molar-refractivity contribution is -0.133. The summed E-state index contributed by atoms with van der Waals surface area (Å²) in [5.41, 5.74) is 4.36. The summed E-state index contributed by atoms with van der Waals surface area (Å²) in [5.74, 6) is -0.0687. The Hall–Kier alpha value is -3.08. The molecule has 0 aliphatic heterocycles. The maximum Gasteiger partial charge on any atom is 0.337 e. The summed E-state index contributed by atoms with van der Waals surface area (Å²) in [6, 6.07) is 10.3. The molecule has 0 radical (unpaired) electrons. The summed E-state index contributed by atoms with van der Waals surface area (Å²) in [6.07, 6.45) is 1.71. The maximum atomic E-state index is 12.3. The molecule has 0 N–H and O–H groups in total. The Balaban J connectivity index is 1.76. The minimum absolute atomic E-state index is 0.104. The van der Waals surface area contributed by atoms with Gasteiger partial charge in [-0.05, 0) is 60.4 Å². The van der Waals surface area contributed by atoms with Crippen molar-refractivity contribution < 1.29 is 23.5 Å². The van der Waals surface area contributed by atoms with Gasteiger partial charge in [0.25, 0.3) is 0 Å². The zero-order chi connectivity index (χ0) is 19.6. The zero-order valence-electron chi connectivity index (χ0n) is 15.9. The van der Waals surface area contributed by atoms with Crippen molar-refractivity contribution in [1.82, 2.24) is 0 Å². The molecule has 0 bridgehead atoms. The van der Waals surface area contributed by atoms with Crippen LogP contribution < -0.4 is 4.74 Å². The Labute approximate surface area is 157 Å². The van der Waals surface area contributed by atoms with Crippen molar-refractivity contribution in [1.29, 1.82) is 0 Å². The normalized spacial score (nSPS) is 11.0. The van der Waals surface area contributed by atoms with Gasteiger partial charge in [-0.15, -0.1) is 0 Å². The van der Waals surface area contributed by atoms with Gasteiger partial charge >= 0.3 is 11.9 Å². The summed E-state index contributed by atoms with van der Waals surface area (Å²) in [7, 11) is 1.32. The number of rotatable bonds is 5. The van der Waals surface area contributed by atoms with E-state index in [-0.39, 0.29) is 6.42 Å². The number of carbonyl (C=O) groups excluding carboxylic acids is 2. The van der Waals surface area contributed by atoms with Gasteiger partial charge in [-0.3, -0.25) is 4.79 Å². The quantitative estimate of drug-likeness (QED) is 0.479. The highest BCUT2D eigenvalue weighted by Crippen LogP contribution is 2.29. The van der Waals surface area contributed by atoms with Gasteiger partial charge in [0.2, 0.25) is 0 Å². The summed E-state index contributed by atoms with van der Waals surface area (Å²) < 4.78 is 15.6. The van der Waals surface area contributed by atoms with Gasteiger partial charge in [-0.2, -0.15) is 0 Å². The van der Waals surface area contributed by atoms with Crippen LogP contribution in [0.2, 0.25) is 0 Å². The molecule has 0 spiro atoms. The molecule has 0 unspecified atom stereocenters. The minimum Gasteiger partial charge on any atom is -0.465 e. The zero-order valence-corrected chi connectivity index (χ0v) is 15.9. The number of esters is 2. The number of ether oxygens (including phenoxy) is 2. The van der Waals surface area contributed by atoms with E-state index in [9.17, 15) is 9.59 Å². The fourth-order valence-electron chi connectivity index (χ4n) is 3.10. The molecule has 0 saturated carbocycles. The van der Waals surface area contributed by atoms with Crippen LogP contribution in [0.5, 0.6) is 5.75 Å². The first-order valence-electron chi connectivity index (χ1n) is 8.78. The third kappa shape index (κ3) is 4.03. The lowest BCUT2D eigenvalue weighted by Crippen LogP contribution is -2.11. The number of benzene rings is 2. The van der Waals surface area contributed by atoms with E-state index in [0.717, 1.165) is 16.5 Å². The van der Waals surface area contributed by atoms with Crippen LogP contribution in [0.1, 0.15) is 46.8 Å². The monoisotopic (exact) mass is 366 g/mol. The summed E-state index contributed by atoms with van der Waals surface area (Å²) >= 11 is 0. The van der Waals surface area contributed by atoms with Crippen LogP contribution in [0, 0.1) is 6.92 Å². The smallest absolute Gasteiger partial charge is 0.337 e. The molecule has 0 aliphatic carbocycles. The molecule has 27 heavy (non-hydrogen) atoms. The van der Waals surface area contributed by atoms with Crippen molar-refractivity contribution >= 4 is 22.9 Å². The van der Waals surface area contributed by atoms with Gasteiger partial charge in [-0.1, -0.05) is 13.8 Å². The van der Waals surface area contributed by atoms with Crippen molar-refractivity contribution in [2.24, 2.45) is 0 Å². The van der Waals surface area contributed by atoms with Crippen molar-refractivity contribution in [3.63, 3.8) is 0 Å². The van der Waals surface area contributed by atoms with Crippen LogP contribution in [0.25, 0.3) is 11.0 Å². The lowest BCUT2D eigenvalue weighted by Gasteiger charge is -2.10. The number of carbonyl (C=O) groups is 2. The Morgan fingerprint density at radius 2 is 1.81 bits per heavy atom. The first-order valence-corrected chi connectivity index (χ1v) is 8.78. The highest BCUT2D eigenvalue weighted by atomic mass is 16.5. The Morgan fingerprint density at radius 3 is 2.44 bits per heavy atom. The number of aryl methyl sites for hydroxylation is 1. The first kappa shape index (κ1) is 18.7. The SMILES string of the molecule is COC(=O)c1ccc(OC(=O)Cc2coc3cc(C)c(C(C)C)cc23)cc1. The largest absolute Gasteiger partial charge is 0.465 e. The van der Waals surface area contributed by atoms with Crippen LogP contribution in [-0.4, -0.2) is 19.0 Å². The van der Waals surface area contributed by atoms with Crippen LogP contribution in [0.15, 0.2) is 47.1 Å².